The highest BCUT2D eigenvalue weighted by Crippen LogP contribution is 2.41. The predicted molar refractivity (Wildman–Crippen MR) is 78.5 cm³/mol. The van der Waals surface area contributed by atoms with Crippen LogP contribution in [0.2, 0.25) is 0 Å². The molecule has 0 bridgehead atoms. The highest BCUT2D eigenvalue weighted by atomic mass is 16.5. The predicted octanol–water partition coefficient (Wildman–Crippen LogP) is -0.819. The number of aromatic nitrogens is 4. The number of methoxy groups -OCH3 is 1. The smallest absolute Gasteiger partial charge is 0.299 e. The number of aliphatic hydroxyl groups excluding tert-OH is 2. The molecule has 1 fully saturated rings. The lowest BCUT2D eigenvalue weighted by Gasteiger charge is -2.17. The van der Waals surface area contributed by atoms with Gasteiger partial charge in [-0.25, -0.2) is 0 Å². The molecule has 3 rings (SSSR count). The second kappa shape index (κ2) is 5.11. The Labute approximate surface area is 125 Å². The summed E-state index contributed by atoms with van der Waals surface area (Å²) in [5.74, 6) is -0.476. The number of nitrogen functional groups attached to an aromatic ring is 1. The number of aromatic amines is 1. The van der Waals surface area contributed by atoms with Crippen LogP contribution in [-0.4, -0.2) is 49.6 Å². The van der Waals surface area contributed by atoms with Crippen molar-refractivity contribution < 1.29 is 14.9 Å². The zero-order valence-electron chi connectivity index (χ0n) is 12.0. The lowest BCUT2D eigenvalue weighted by Crippen LogP contribution is -2.17. The van der Waals surface area contributed by atoms with Crippen LogP contribution < -0.4 is 16.0 Å². The van der Waals surface area contributed by atoms with E-state index in [9.17, 15) is 15.0 Å². The molecule has 2 aromatic heterocycles. The fourth-order valence-electron chi connectivity index (χ4n) is 2.95. The van der Waals surface area contributed by atoms with Crippen LogP contribution in [0.25, 0.3) is 11.2 Å². The molecule has 5 N–H and O–H groups in total. The van der Waals surface area contributed by atoms with E-state index in [4.69, 9.17) is 10.5 Å². The van der Waals surface area contributed by atoms with E-state index in [1.54, 1.807) is 4.57 Å². The fraction of sp³-hybridized carbons (Fsp3) is 0.462. The largest absolute Gasteiger partial charge is 0.468 e. The van der Waals surface area contributed by atoms with Gasteiger partial charge in [0, 0.05) is 5.92 Å². The number of imidazole rings is 1. The Balaban J connectivity index is 2.22. The standard InChI is InChI=1S/C13H17N5O4/c1-5-6(4-19)8(20)3-7(5)18-10-9(15-13(18)22-2)11(21)17-12(14)16-10/h6-8,19-20H,1,3-4H2,2H3,(H3,14,16,17,21). The van der Waals surface area contributed by atoms with Crippen LogP contribution in [0.3, 0.4) is 0 Å². The van der Waals surface area contributed by atoms with Crippen LogP contribution in [0.4, 0.5) is 5.95 Å². The highest BCUT2D eigenvalue weighted by molar-refractivity contribution is 5.73. The van der Waals surface area contributed by atoms with Gasteiger partial charge in [0.15, 0.2) is 11.2 Å². The first-order valence-electron chi connectivity index (χ1n) is 6.77. The molecule has 0 radical (unpaired) electrons. The van der Waals surface area contributed by atoms with Crippen molar-refractivity contribution in [1.29, 1.82) is 0 Å². The van der Waals surface area contributed by atoms with Crippen LogP contribution in [0.5, 0.6) is 6.01 Å². The number of ether oxygens (including phenoxy) is 1. The van der Waals surface area contributed by atoms with Gasteiger partial charge in [-0.3, -0.25) is 14.3 Å². The van der Waals surface area contributed by atoms with Crippen molar-refractivity contribution in [1.82, 2.24) is 19.5 Å². The number of nitrogens with zero attached hydrogens (tertiary/aromatic N) is 3. The number of H-pyrrole nitrogens is 1. The molecule has 2 aromatic rings. The normalized spacial score (nSPS) is 25.0. The van der Waals surface area contributed by atoms with Gasteiger partial charge < -0.3 is 20.7 Å². The fourth-order valence-corrected chi connectivity index (χ4v) is 2.95. The molecule has 0 amide bonds. The lowest BCUT2D eigenvalue weighted by molar-refractivity contribution is 0.101. The molecular formula is C13H17N5O4. The second-order valence-electron chi connectivity index (χ2n) is 5.27. The van der Waals surface area contributed by atoms with Crippen LogP contribution in [0.15, 0.2) is 16.9 Å². The Bertz CT molecular complexity index is 796. The molecule has 1 saturated carbocycles. The summed E-state index contributed by atoms with van der Waals surface area (Å²) in [5.41, 5.74) is 6.12. The molecule has 9 heteroatoms. The van der Waals surface area contributed by atoms with Gasteiger partial charge >= 0.3 is 0 Å². The van der Waals surface area contributed by atoms with E-state index in [1.807, 2.05) is 0 Å². The Morgan fingerprint density at radius 1 is 1.55 bits per heavy atom. The molecular weight excluding hydrogens is 290 g/mol. The van der Waals surface area contributed by atoms with Gasteiger partial charge in [0.05, 0.1) is 25.9 Å². The van der Waals surface area contributed by atoms with E-state index in [-0.39, 0.29) is 35.8 Å². The number of fused-ring (bicyclic) bond motifs is 1. The molecule has 2 heterocycles. The van der Waals surface area contributed by atoms with Gasteiger partial charge in [0.1, 0.15) is 0 Å². The number of nitrogens with one attached hydrogen (secondary N) is 1. The van der Waals surface area contributed by atoms with Gasteiger partial charge in [-0.2, -0.15) is 9.97 Å². The van der Waals surface area contributed by atoms with Gasteiger partial charge in [0.2, 0.25) is 5.95 Å². The summed E-state index contributed by atoms with van der Waals surface area (Å²) in [4.78, 5) is 22.6. The molecule has 0 spiro atoms. The van der Waals surface area contributed by atoms with Crippen LogP contribution in [-0.2, 0) is 0 Å². The molecule has 1 aliphatic carbocycles. The molecule has 3 unspecified atom stereocenters. The summed E-state index contributed by atoms with van der Waals surface area (Å²) in [6.45, 7) is 3.75. The van der Waals surface area contributed by atoms with E-state index in [2.05, 4.69) is 21.5 Å². The highest BCUT2D eigenvalue weighted by Gasteiger charge is 2.39. The maximum atomic E-state index is 11.9. The maximum Gasteiger partial charge on any atom is 0.299 e. The minimum atomic E-state index is -0.732. The van der Waals surface area contributed by atoms with Crippen LogP contribution >= 0.6 is 0 Å². The van der Waals surface area contributed by atoms with Crippen molar-refractivity contribution in [2.45, 2.75) is 18.6 Å². The first-order chi connectivity index (χ1) is 10.5. The Kier molecular flexibility index (Phi) is 3.38. The molecule has 118 valence electrons. The summed E-state index contributed by atoms with van der Waals surface area (Å²) >= 11 is 0. The zero-order valence-corrected chi connectivity index (χ0v) is 12.0. The van der Waals surface area contributed by atoms with E-state index < -0.39 is 17.6 Å². The molecule has 0 saturated heterocycles. The monoisotopic (exact) mass is 307 g/mol. The number of hydrogen-bond donors (Lipinski definition) is 4. The third-order valence-electron chi connectivity index (χ3n) is 4.06. The average molecular weight is 307 g/mol. The number of rotatable bonds is 3. The molecule has 0 aromatic carbocycles. The van der Waals surface area contributed by atoms with Gasteiger partial charge in [-0.15, -0.1) is 0 Å². The van der Waals surface area contributed by atoms with E-state index in [0.717, 1.165) is 0 Å². The van der Waals surface area contributed by atoms with Crippen LogP contribution in [0, 0.1) is 5.92 Å². The summed E-state index contributed by atoms with van der Waals surface area (Å²) in [6, 6.07) is -0.212. The number of nitrogens with two attached hydrogens (primary N) is 1. The Morgan fingerprint density at radius 2 is 2.27 bits per heavy atom. The van der Waals surface area contributed by atoms with E-state index in [1.165, 1.54) is 7.11 Å². The second-order valence-corrected chi connectivity index (χ2v) is 5.27. The Morgan fingerprint density at radius 3 is 2.86 bits per heavy atom. The molecule has 22 heavy (non-hydrogen) atoms. The SMILES string of the molecule is C=C1C(CO)C(O)CC1n1c(OC)nc2c(=O)[nH]c(N)nc21. The first-order valence-corrected chi connectivity index (χ1v) is 6.77. The third kappa shape index (κ3) is 1.97. The van der Waals surface area contributed by atoms with Crippen molar-refractivity contribution in [2.24, 2.45) is 5.92 Å². The third-order valence-corrected chi connectivity index (χ3v) is 4.06. The maximum absolute atomic E-state index is 11.9. The number of hydrogen-bond acceptors (Lipinski definition) is 7. The number of aliphatic hydroxyl groups is 2. The van der Waals surface area contributed by atoms with Crippen molar-refractivity contribution in [3.63, 3.8) is 0 Å². The summed E-state index contributed by atoms with van der Waals surface area (Å²) in [5, 5.41) is 19.4. The first kappa shape index (κ1) is 14.5. The van der Waals surface area contributed by atoms with E-state index in [0.29, 0.717) is 12.0 Å². The minimum Gasteiger partial charge on any atom is -0.468 e. The van der Waals surface area contributed by atoms with Gasteiger partial charge in [0.25, 0.3) is 11.6 Å². The zero-order chi connectivity index (χ0) is 16.0. The quantitative estimate of drug-likeness (QED) is 0.543. The summed E-state index contributed by atoms with van der Waals surface area (Å²) in [6.07, 6.45) is -0.413. The molecule has 9 nitrogen and oxygen atoms in total. The number of anilines is 1. The topological polar surface area (TPSA) is 139 Å². The van der Waals surface area contributed by atoms with Crippen molar-refractivity contribution in [3.05, 3.63) is 22.5 Å². The Hall–Kier alpha value is -2.39. The van der Waals surface area contributed by atoms with Gasteiger partial charge in [-0.1, -0.05) is 6.58 Å². The van der Waals surface area contributed by atoms with Crippen molar-refractivity contribution in [3.8, 4) is 6.01 Å². The minimum absolute atomic E-state index is 0.0378. The lowest BCUT2D eigenvalue weighted by atomic mass is 10.0. The van der Waals surface area contributed by atoms with Crippen molar-refractivity contribution in [2.75, 3.05) is 19.5 Å². The summed E-state index contributed by atoms with van der Waals surface area (Å²) < 4.78 is 6.81. The van der Waals surface area contributed by atoms with Gasteiger partial charge in [-0.05, 0) is 12.0 Å². The molecule has 0 aliphatic heterocycles. The van der Waals surface area contributed by atoms with Crippen molar-refractivity contribution >= 4 is 17.1 Å². The molecule has 3 atom stereocenters. The molecule has 1 aliphatic rings. The average Bonchev–Trinajstić information content (AvgIpc) is 2.96. The summed E-state index contributed by atoms with van der Waals surface area (Å²) in [7, 11) is 1.42. The van der Waals surface area contributed by atoms with Crippen LogP contribution in [0.1, 0.15) is 12.5 Å². The van der Waals surface area contributed by atoms with E-state index >= 15 is 0 Å².